The van der Waals surface area contributed by atoms with Gasteiger partial charge in [-0.2, -0.15) is 0 Å². The number of rotatable bonds is 5. The first-order valence-corrected chi connectivity index (χ1v) is 8.82. The zero-order valence-corrected chi connectivity index (χ0v) is 14.8. The van der Waals surface area contributed by atoms with Gasteiger partial charge in [-0.25, -0.2) is 13.2 Å². The number of hydrogen-bond donors (Lipinski definition) is 2. The lowest BCUT2D eigenvalue weighted by atomic mass is 9.97. The van der Waals surface area contributed by atoms with Crippen molar-refractivity contribution in [2.24, 2.45) is 0 Å². The van der Waals surface area contributed by atoms with Crippen LogP contribution in [0.5, 0.6) is 0 Å². The zero-order valence-electron chi connectivity index (χ0n) is 14.0. The molecule has 0 aromatic heterocycles. The molecule has 1 atom stereocenters. The Morgan fingerprint density at radius 2 is 1.78 bits per heavy atom. The van der Waals surface area contributed by atoms with Gasteiger partial charge in [0.05, 0.1) is 4.75 Å². The second-order valence-electron chi connectivity index (χ2n) is 6.50. The van der Waals surface area contributed by atoms with Crippen LogP contribution in [0.2, 0.25) is 0 Å². The maximum absolute atomic E-state index is 12.1. The molecule has 1 aromatic rings. The van der Waals surface area contributed by atoms with Gasteiger partial charge in [0.2, 0.25) is 5.91 Å². The van der Waals surface area contributed by atoms with E-state index < -0.39 is 38.3 Å². The van der Waals surface area contributed by atoms with E-state index in [-0.39, 0.29) is 0 Å². The van der Waals surface area contributed by atoms with Crippen molar-refractivity contribution in [1.29, 1.82) is 0 Å². The van der Waals surface area contributed by atoms with Gasteiger partial charge in [0.25, 0.3) is 0 Å². The summed E-state index contributed by atoms with van der Waals surface area (Å²) >= 11 is 0. The molecule has 0 aliphatic heterocycles. The average molecular weight is 341 g/mol. The molecule has 1 aromatic carbocycles. The van der Waals surface area contributed by atoms with Gasteiger partial charge in [0, 0.05) is 0 Å². The summed E-state index contributed by atoms with van der Waals surface area (Å²) in [6, 6.07) is 3.87. The van der Waals surface area contributed by atoms with Crippen molar-refractivity contribution < 1.29 is 23.1 Å². The highest BCUT2D eigenvalue weighted by molar-refractivity contribution is 7.93. The molecule has 1 rings (SSSR count). The Kier molecular flexibility index (Phi) is 5.58. The van der Waals surface area contributed by atoms with Gasteiger partial charge in [0.1, 0.15) is 5.75 Å². The summed E-state index contributed by atoms with van der Waals surface area (Å²) in [6.07, 6.45) is 0. The molecular formula is C16H23NO5S. The molecule has 6 nitrogen and oxygen atoms in total. The monoisotopic (exact) mass is 341 g/mol. The van der Waals surface area contributed by atoms with Gasteiger partial charge in [-0.3, -0.25) is 4.79 Å². The Morgan fingerprint density at radius 1 is 1.22 bits per heavy atom. The third kappa shape index (κ3) is 4.54. The number of carboxylic acid groups (broad SMARTS) is 1. The van der Waals surface area contributed by atoms with E-state index in [2.05, 4.69) is 5.32 Å². The van der Waals surface area contributed by atoms with Gasteiger partial charge in [-0.15, -0.1) is 0 Å². The quantitative estimate of drug-likeness (QED) is 0.850. The Labute approximate surface area is 136 Å². The SMILES string of the molecule is Cc1cccc(C(NC(=O)CS(=O)(=O)C(C)(C)C)C(=O)O)c1C. The summed E-state index contributed by atoms with van der Waals surface area (Å²) < 4.78 is 23.0. The first-order chi connectivity index (χ1) is 10.4. The number of sulfone groups is 1. The van der Waals surface area contributed by atoms with Crippen LogP contribution >= 0.6 is 0 Å². The average Bonchev–Trinajstić information content (AvgIpc) is 2.37. The van der Waals surface area contributed by atoms with E-state index in [4.69, 9.17) is 0 Å². The number of aliphatic carboxylic acids is 1. The first-order valence-electron chi connectivity index (χ1n) is 7.17. The number of hydrogen-bond acceptors (Lipinski definition) is 4. The van der Waals surface area contributed by atoms with Crippen molar-refractivity contribution >= 4 is 21.7 Å². The number of carbonyl (C=O) groups excluding carboxylic acids is 1. The molecule has 1 amide bonds. The Morgan fingerprint density at radius 3 is 2.26 bits per heavy atom. The molecule has 0 fully saturated rings. The van der Waals surface area contributed by atoms with E-state index in [9.17, 15) is 23.1 Å². The number of carbonyl (C=O) groups is 2. The smallest absolute Gasteiger partial charge is 0.330 e. The van der Waals surface area contributed by atoms with Gasteiger partial charge in [0.15, 0.2) is 15.9 Å². The fourth-order valence-corrected chi connectivity index (χ4v) is 2.81. The van der Waals surface area contributed by atoms with Crippen LogP contribution in [0.4, 0.5) is 0 Å². The molecule has 128 valence electrons. The van der Waals surface area contributed by atoms with Crippen molar-refractivity contribution in [3.8, 4) is 0 Å². The van der Waals surface area contributed by atoms with Crippen molar-refractivity contribution in [3.63, 3.8) is 0 Å². The fraction of sp³-hybridized carbons (Fsp3) is 0.500. The molecule has 0 aliphatic carbocycles. The Balaban J connectivity index is 3.05. The van der Waals surface area contributed by atoms with Crippen LogP contribution in [0.25, 0.3) is 0 Å². The highest BCUT2D eigenvalue weighted by atomic mass is 32.2. The van der Waals surface area contributed by atoms with Crippen molar-refractivity contribution in [2.75, 3.05) is 5.75 Å². The van der Waals surface area contributed by atoms with Gasteiger partial charge < -0.3 is 10.4 Å². The molecule has 7 heteroatoms. The summed E-state index contributed by atoms with van der Waals surface area (Å²) in [6.45, 7) is 8.08. The highest BCUT2D eigenvalue weighted by Crippen LogP contribution is 2.21. The molecule has 0 saturated heterocycles. The van der Waals surface area contributed by atoms with Crippen molar-refractivity contribution in [3.05, 3.63) is 34.9 Å². The van der Waals surface area contributed by atoms with E-state index in [1.165, 1.54) is 20.8 Å². The Bertz CT molecular complexity index is 716. The second-order valence-corrected chi connectivity index (χ2v) is 9.24. The fourth-order valence-electron chi connectivity index (χ4n) is 1.95. The zero-order chi connectivity index (χ0) is 18.0. The first kappa shape index (κ1) is 19.2. The molecule has 2 N–H and O–H groups in total. The molecule has 0 spiro atoms. The van der Waals surface area contributed by atoms with Crippen LogP contribution in [0.15, 0.2) is 18.2 Å². The van der Waals surface area contributed by atoms with Crippen molar-refractivity contribution in [2.45, 2.75) is 45.4 Å². The Hall–Kier alpha value is -1.89. The maximum atomic E-state index is 12.1. The molecule has 23 heavy (non-hydrogen) atoms. The predicted molar refractivity (Wildman–Crippen MR) is 88.0 cm³/mol. The van der Waals surface area contributed by atoms with Crippen LogP contribution in [-0.2, 0) is 19.4 Å². The van der Waals surface area contributed by atoms with Crippen LogP contribution < -0.4 is 5.32 Å². The van der Waals surface area contributed by atoms with Crippen LogP contribution in [0.1, 0.15) is 43.5 Å². The number of aryl methyl sites for hydroxylation is 1. The van der Waals surface area contributed by atoms with E-state index >= 15 is 0 Å². The molecule has 1 unspecified atom stereocenters. The summed E-state index contributed by atoms with van der Waals surface area (Å²) in [7, 11) is -3.67. The molecule has 0 radical (unpaired) electrons. The van der Waals surface area contributed by atoms with E-state index in [1.807, 2.05) is 13.0 Å². The summed E-state index contributed by atoms with van der Waals surface area (Å²) in [5.74, 6) is -2.81. The number of nitrogens with one attached hydrogen (secondary N) is 1. The molecule has 0 aliphatic rings. The van der Waals surface area contributed by atoms with Gasteiger partial charge >= 0.3 is 5.97 Å². The third-order valence-corrected chi connectivity index (χ3v) is 6.27. The van der Waals surface area contributed by atoms with Crippen molar-refractivity contribution in [1.82, 2.24) is 5.32 Å². The summed E-state index contributed by atoms with van der Waals surface area (Å²) in [4.78, 5) is 23.5. The lowest BCUT2D eigenvalue weighted by molar-refractivity contribution is -0.141. The number of amides is 1. The van der Waals surface area contributed by atoms with Gasteiger partial charge in [-0.05, 0) is 51.3 Å². The van der Waals surface area contributed by atoms with Gasteiger partial charge in [-0.1, -0.05) is 18.2 Å². The normalized spacial score (nSPS) is 13.4. The summed E-state index contributed by atoms with van der Waals surface area (Å²) in [5.41, 5.74) is 2.09. The number of benzene rings is 1. The highest BCUT2D eigenvalue weighted by Gasteiger charge is 2.33. The lowest BCUT2D eigenvalue weighted by Crippen LogP contribution is -2.41. The molecule has 0 heterocycles. The van der Waals surface area contributed by atoms with E-state index in [1.54, 1.807) is 19.1 Å². The second kappa shape index (κ2) is 6.70. The van der Waals surface area contributed by atoms with Crippen LogP contribution in [0, 0.1) is 13.8 Å². The van der Waals surface area contributed by atoms with Crippen LogP contribution in [-0.4, -0.2) is 35.9 Å². The number of carboxylic acids is 1. The van der Waals surface area contributed by atoms with E-state index in [0.717, 1.165) is 11.1 Å². The molecule has 0 bridgehead atoms. The molecule has 0 saturated carbocycles. The minimum atomic E-state index is -3.67. The largest absolute Gasteiger partial charge is 0.479 e. The maximum Gasteiger partial charge on any atom is 0.330 e. The lowest BCUT2D eigenvalue weighted by Gasteiger charge is -2.21. The topological polar surface area (TPSA) is 101 Å². The van der Waals surface area contributed by atoms with Crippen LogP contribution in [0.3, 0.4) is 0 Å². The van der Waals surface area contributed by atoms with E-state index in [0.29, 0.717) is 5.56 Å². The minimum Gasteiger partial charge on any atom is -0.479 e. The third-order valence-electron chi connectivity index (χ3n) is 3.76. The standard InChI is InChI=1S/C16H23NO5S/c1-10-7-6-8-12(11(10)2)14(15(19)20)17-13(18)9-23(21,22)16(3,4)5/h6-8,14H,9H2,1-5H3,(H,17,18)(H,19,20). The summed E-state index contributed by atoms with van der Waals surface area (Å²) in [5, 5.41) is 11.7. The predicted octanol–water partition coefficient (Wildman–Crippen LogP) is 1.76. The molecular weight excluding hydrogens is 318 g/mol. The minimum absolute atomic E-state index is 0.444.